The van der Waals surface area contributed by atoms with Crippen molar-refractivity contribution < 1.29 is 4.79 Å². The van der Waals surface area contributed by atoms with Gasteiger partial charge in [0.25, 0.3) is 0 Å². The number of ketones is 1. The van der Waals surface area contributed by atoms with Crippen LogP contribution in [-0.4, -0.2) is 5.78 Å². The summed E-state index contributed by atoms with van der Waals surface area (Å²) in [4.78, 5) is 13.8. The fourth-order valence-corrected chi connectivity index (χ4v) is 3.61. The van der Waals surface area contributed by atoms with Crippen LogP contribution in [0.25, 0.3) is 0 Å². The second-order valence-electron chi connectivity index (χ2n) is 5.84. The molecule has 0 aliphatic heterocycles. The highest BCUT2D eigenvalue weighted by atomic mass is 32.1. The maximum atomic E-state index is 12.5. The normalized spacial score (nSPS) is 26.8. The number of carbonyl (C=O) groups excluding carboxylic acids is 1. The molecule has 1 unspecified atom stereocenters. The molecule has 1 saturated carbocycles. The van der Waals surface area contributed by atoms with Crippen LogP contribution in [0.3, 0.4) is 0 Å². The van der Waals surface area contributed by atoms with Crippen LogP contribution in [-0.2, 0) is 11.2 Å². The zero-order valence-electron chi connectivity index (χ0n) is 11.0. The van der Waals surface area contributed by atoms with Crippen molar-refractivity contribution >= 4 is 17.1 Å². The fourth-order valence-electron chi connectivity index (χ4n) is 2.90. The summed E-state index contributed by atoms with van der Waals surface area (Å²) < 4.78 is 0. The smallest absolute Gasteiger partial charge is 0.158 e. The summed E-state index contributed by atoms with van der Waals surface area (Å²) in [6.07, 6.45) is 4.14. The highest BCUT2D eigenvalue weighted by Gasteiger charge is 2.48. The molecule has 1 fully saturated rings. The summed E-state index contributed by atoms with van der Waals surface area (Å²) in [7, 11) is 0. The lowest BCUT2D eigenvalue weighted by Crippen LogP contribution is -2.44. The lowest BCUT2D eigenvalue weighted by Gasteiger charge is -2.39. The van der Waals surface area contributed by atoms with Crippen LogP contribution in [0.4, 0.5) is 0 Å². The summed E-state index contributed by atoms with van der Waals surface area (Å²) >= 11 is 1.70. The van der Waals surface area contributed by atoms with Gasteiger partial charge in [0, 0.05) is 10.3 Å². The average Bonchev–Trinajstić information content (AvgIpc) is 2.85. The SMILES string of the molecule is CC1(C)CCCC(C#N)(CCc2cccs2)C1=O. The van der Waals surface area contributed by atoms with Crippen molar-refractivity contribution in [1.82, 2.24) is 0 Å². The molecule has 0 bridgehead atoms. The maximum absolute atomic E-state index is 12.5. The Balaban J connectivity index is 2.15. The second-order valence-corrected chi connectivity index (χ2v) is 6.87. The first-order valence-corrected chi connectivity index (χ1v) is 7.37. The molecule has 0 saturated heterocycles. The lowest BCUT2D eigenvalue weighted by molar-refractivity contribution is -0.138. The number of hydrogen-bond acceptors (Lipinski definition) is 3. The molecule has 1 aliphatic rings. The Hall–Kier alpha value is -1.14. The fraction of sp³-hybridized carbons (Fsp3) is 0.600. The molecule has 0 radical (unpaired) electrons. The Morgan fingerprint density at radius 1 is 1.44 bits per heavy atom. The first kappa shape index (κ1) is 13.3. The van der Waals surface area contributed by atoms with Crippen LogP contribution in [0.15, 0.2) is 17.5 Å². The van der Waals surface area contributed by atoms with Gasteiger partial charge in [-0.2, -0.15) is 5.26 Å². The molecule has 2 rings (SSSR count). The first-order valence-electron chi connectivity index (χ1n) is 6.49. The molecule has 1 aromatic heterocycles. The van der Waals surface area contributed by atoms with E-state index < -0.39 is 5.41 Å². The van der Waals surface area contributed by atoms with Gasteiger partial charge in [-0.05, 0) is 37.1 Å². The largest absolute Gasteiger partial charge is 0.297 e. The zero-order valence-corrected chi connectivity index (χ0v) is 11.8. The Kier molecular flexibility index (Phi) is 3.59. The quantitative estimate of drug-likeness (QED) is 0.826. The molecule has 1 aliphatic carbocycles. The Morgan fingerprint density at radius 2 is 2.22 bits per heavy atom. The van der Waals surface area contributed by atoms with E-state index in [1.807, 2.05) is 25.3 Å². The van der Waals surface area contributed by atoms with Gasteiger partial charge in [-0.3, -0.25) is 4.79 Å². The lowest BCUT2D eigenvalue weighted by atomic mass is 9.61. The van der Waals surface area contributed by atoms with Crippen molar-refractivity contribution in [3.8, 4) is 6.07 Å². The monoisotopic (exact) mass is 261 g/mol. The van der Waals surface area contributed by atoms with E-state index in [1.54, 1.807) is 11.3 Å². The van der Waals surface area contributed by atoms with E-state index in [0.717, 1.165) is 25.7 Å². The first-order chi connectivity index (χ1) is 8.50. The third-order valence-electron chi connectivity index (χ3n) is 4.05. The number of Topliss-reactive ketones (excluding diaryl/α,β-unsaturated/α-hetero) is 1. The van der Waals surface area contributed by atoms with E-state index in [0.29, 0.717) is 6.42 Å². The van der Waals surface area contributed by atoms with Crippen molar-refractivity contribution in [3.63, 3.8) is 0 Å². The highest BCUT2D eigenvalue weighted by Crippen LogP contribution is 2.45. The number of rotatable bonds is 3. The number of nitrogens with zero attached hydrogens (tertiary/aromatic N) is 1. The van der Waals surface area contributed by atoms with Crippen molar-refractivity contribution in [2.45, 2.75) is 46.0 Å². The molecule has 0 N–H and O–H groups in total. The van der Waals surface area contributed by atoms with E-state index in [2.05, 4.69) is 12.1 Å². The molecule has 18 heavy (non-hydrogen) atoms. The number of thiophene rings is 1. The molecule has 3 heteroatoms. The minimum Gasteiger partial charge on any atom is -0.297 e. The van der Waals surface area contributed by atoms with Crippen molar-refractivity contribution in [1.29, 1.82) is 5.26 Å². The zero-order chi connectivity index (χ0) is 13.2. The summed E-state index contributed by atoms with van der Waals surface area (Å²) in [6.45, 7) is 3.96. The van der Waals surface area contributed by atoms with Crippen LogP contribution in [0.5, 0.6) is 0 Å². The predicted octanol–water partition coefficient (Wildman–Crippen LogP) is 3.97. The van der Waals surface area contributed by atoms with Gasteiger partial charge < -0.3 is 0 Å². The molecule has 1 heterocycles. The van der Waals surface area contributed by atoms with E-state index in [1.165, 1.54) is 4.88 Å². The standard InChI is InChI=1S/C15H19NOS/c1-14(2)7-4-8-15(11-16,13(14)17)9-6-12-5-3-10-18-12/h3,5,10H,4,6-9H2,1-2H3. The van der Waals surface area contributed by atoms with Gasteiger partial charge in [-0.25, -0.2) is 0 Å². The highest BCUT2D eigenvalue weighted by molar-refractivity contribution is 7.09. The molecular formula is C15H19NOS. The van der Waals surface area contributed by atoms with Gasteiger partial charge in [0.05, 0.1) is 6.07 Å². The van der Waals surface area contributed by atoms with E-state index in [9.17, 15) is 10.1 Å². The molecular weight excluding hydrogens is 242 g/mol. The van der Waals surface area contributed by atoms with Gasteiger partial charge in [0.1, 0.15) is 5.41 Å². The predicted molar refractivity (Wildman–Crippen MR) is 73.3 cm³/mol. The number of aryl methyl sites for hydroxylation is 1. The Labute approximate surface area is 113 Å². The number of carbonyl (C=O) groups is 1. The van der Waals surface area contributed by atoms with E-state index in [-0.39, 0.29) is 11.2 Å². The Morgan fingerprint density at radius 3 is 2.83 bits per heavy atom. The van der Waals surface area contributed by atoms with Gasteiger partial charge in [0.2, 0.25) is 0 Å². The van der Waals surface area contributed by atoms with Crippen molar-refractivity contribution in [3.05, 3.63) is 22.4 Å². The van der Waals surface area contributed by atoms with Gasteiger partial charge in [-0.1, -0.05) is 26.3 Å². The van der Waals surface area contributed by atoms with Crippen molar-refractivity contribution in [2.75, 3.05) is 0 Å². The third kappa shape index (κ3) is 2.35. The Bertz CT molecular complexity index is 469. The molecule has 2 nitrogen and oxygen atoms in total. The van der Waals surface area contributed by atoms with Crippen LogP contribution in [0.2, 0.25) is 0 Å². The minimum absolute atomic E-state index is 0.153. The maximum Gasteiger partial charge on any atom is 0.158 e. The topological polar surface area (TPSA) is 40.9 Å². The van der Waals surface area contributed by atoms with E-state index >= 15 is 0 Å². The average molecular weight is 261 g/mol. The van der Waals surface area contributed by atoms with Gasteiger partial charge >= 0.3 is 0 Å². The minimum atomic E-state index is -0.744. The molecule has 0 amide bonds. The van der Waals surface area contributed by atoms with Crippen molar-refractivity contribution in [2.24, 2.45) is 10.8 Å². The number of hydrogen-bond donors (Lipinski definition) is 0. The second kappa shape index (κ2) is 4.85. The summed E-state index contributed by atoms with van der Waals surface area (Å²) in [5, 5.41) is 11.5. The van der Waals surface area contributed by atoms with E-state index in [4.69, 9.17) is 0 Å². The molecule has 1 aromatic rings. The van der Waals surface area contributed by atoms with Gasteiger partial charge in [-0.15, -0.1) is 11.3 Å². The molecule has 0 spiro atoms. The van der Waals surface area contributed by atoms with Gasteiger partial charge in [0.15, 0.2) is 5.78 Å². The summed E-state index contributed by atoms with van der Waals surface area (Å²) in [6, 6.07) is 6.44. The number of nitriles is 1. The third-order valence-corrected chi connectivity index (χ3v) is 4.98. The summed E-state index contributed by atoms with van der Waals surface area (Å²) in [5.74, 6) is 0.153. The van der Waals surface area contributed by atoms with Crippen LogP contribution in [0, 0.1) is 22.2 Å². The van der Waals surface area contributed by atoms with Crippen LogP contribution in [0.1, 0.15) is 44.4 Å². The molecule has 96 valence electrons. The van der Waals surface area contributed by atoms with Crippen LogP contribution < -0.4 is 0 Å². The molecule has 1 atom stereocenters. The summed E-state index contributed by atoms with van der Waals surface area (Å²) in [5.41, 5.74) is -1.07. The van der Waals surface area contributed by atoms with Crippen LogP contribution >= 0.6 is 11.3 Å². The molecule has 0 aromatic carbocycles.